The maximum Gasteiger partial charge on any atom is 0.251 e. The van der Waals surface area contributed by atoms with E-state index in [0.29, 0.717) is 24.5 Å². The summed E-state index contributed by atoms with van der Waals surface area (Å²) in [6.07, 6.45) is 0. The SMILES string of the molecule is C[C@H](NC(=O)c1ccc(Oc2ccccc2)cc1)[C@H](c1ccccc1)N1CCOCC1. The highest BCUT2D eigenvalue weighted by molar-refractivity contribution is 5.94. The van der Waals surface area contributed by atoms with Gasteiger partial charge in [0.05, 0.1) is 19.3 Å². The molecule has 160 valence electrons. The van der Waals surface area contributed by atoms with Gasteiger partial charge >= 0.3 is 0 Å². The molecule has 1 N–H and O–H groups in total. The van der Waals surface area contributed by atoms with Crippen molar-refractivity contribution in [2.45, 2.75) is 19.0 Å². The molecule has 1 heterocycles. The highest BCUT2D eigenvalue weighted by atomic mass is 16.5. The molecule has 0 aliphatic carbocycles. The number of ether oxygens (including phenoxy) is 2. The summed E-state index contributed by atoms with van der Waals surface area (Å²) < 4.78 is 11.3. The highest BCUT2D eigenvalue weighted by Gasteiger charge is 2.28. The van der Waals surface area contributed by atoms with Gasteiger partial charge in [-0.1, -0.05) is 48.5 Å². The smallest absolute Gasteiger partial charge is 0.251 e. The lowest BCUT2D eigenvalue weighted by Gasteiger charge is -2.38. The number of amides is 1. The van der Waals surface area contributed by atoms with Crippen molar-refractivity contribution in [1.82, 2.24) is 10.2 Å². The van der Waals surface area contributed by atoms with E-state index in [2.05, 4.69) is 29.3 Å². The van der Waals surface area contributed by atoms with Gasteiger partial charge in [-0.2, -0.15) is 0 Å². The van der Waals surface area contributed by atoms with Gasteiger partial charge in [-0.3, -0.25) is 9.69 Å². The van der Waals surface area contributed by atoms with Crippen LogP contribution in [0.25, 0.3) is 0 Å². The minimum atomic E-state index is -0.0899. The Labute approximate surface area is 183 Å². The van der Waals surface area contributed by atoms with E-state index < -0.39 is 0 Å². The molecule has 0 radical (unpaired) electrons. The van der Waals surface area contributed by atoms with Crippen LogP contribution in [0.5, 0.6) is 11.5 Å². The van der Waals surface area contributed by atoms with E-state index in [1.165, 1.54) is 5.56 Å². The Morgan fingerprint density at radius 3 is 2.10 bits per heavy atom. The number of morpholine rings is 1. The molecule has 0 bridgehead atoms. The minimum Gasteiger partial charge on any atom is -0.457 e. The zero-order chi connectivity index (χ0) is 21.5. The largest absolute Gasteiger partial charge is 0.457 e. The fraction of sp³-hybridized carbons (Fsp3) is 0.269. The van der Waals surface area contributed by atoms with E-state index in [1.54, 1.807) is 12.1 Å². The van der Waals surface area contributed by atoms with Gasteiger partial charge < -0.3 is 14.8 Å². The summed E-state index contributed by atoms with van der Waals surface area (Å²) in [6, 6.07) is 27.2. The third-order valence-corrected chi connectivity index (χ3v) is 5.51. The predicted octanol–water partition coefficient (Wildman–Crippen LogP) is 4.67. The summed E-state index contributed by atoms with van der Waals surface area (Å²) in [5.74, 6) is 1.38. The first-order valence-electron chi connectivity index (χ1n) is 10.7. The van der Waals surface area contributed by atoms with Gasteiger partial charge in [0.1, 0.15) is 11.5 Å². The van der Waals surface area contributed by atoms with E-state index in [4.69, 9.17) is 9.47 Å². The topological polar surface area (TPSA) is 50.8 Å². The van der Waals surface area contributed by atoms with Crippen molar-refractivity contribution < 1.29 is 14.3 Å². The Morgan fingerprint density at radius 2 is 1.45 bits per heavy atom. The number of hydrogen-bond donors (Lipinski definition) is 1. The Hall–Kier alpha value is -3.15. The monoisotopic (exact) mass is 416 g/mol. The van der Waals surface area contributed by atoms with Crippen LogP contribution in [-0.4, -0.2) is 43.2 Å². The van der Waals surface area contributed by atoms with E-state index in [0.717, 1.165) is 18.8 Å². The number of nitrogens with zero attached hydrogens (tertiary/aromatic N) is 1. The number of benzene rings is 3. The molecule has 3 aromatic carbocycles. The maximum absolute atomic E-state index is 12.9. The summed E-state index contributed by atoms with van der Waals surface area (Å²) in [7, 11) is 0. The number of rotatable bonds is 7. The van der Waals surface area contributed by atoms with Crippen molar-refractivity contribution >= 4 is 5.91 Å². The molecule has 0 spiro atoms. The zero-order valence-electron chi connectivity index (χ0n) is 17.7. The van der Waals surface area contributed by atoms with Crippen LogP contribution in [0.4, 0.5) is 0 Å². The number of carbonyl (C=O) groups excluding carboxylic acids is 1. The first kappa shape index (κ1) is 21.1. The van der Waals surface area contributed by atoms with Crippen molar-refractivity contribution in [2.75, 3.05) is 26.3 Å². The summed E-state index contributed by atoms with van der Waals surface area (Å²) in [5.41, 5.74) is 1.81. The molecule has 0 unspecified atom stereocenters. The van der Waals surface area contributed by atoms with Gasteiger partial charge in [0.2, 0.25) is 0 Å². The average Bonchev–Trinajstić information content (AvgIpc) is 2.82. The van der Waals surface area contributed by atoms with Crippen LogP contribution in [0.15, 0.2) is 84.9 Å². The number of nitrogens with one attached hydrogen (secondary N) is 1. The molecule has 1 amide bonds. The second-order valence-corrected chi connectivity index (χ2v) is 7.71. The van der Waals surface area contributed by atoms with Crippen molar-refractivity contribution in [1.29, 1.82) is 0 Å². The van der Waals surface area contributed by atoms with Gasteiger partial charge in [-0.25, -0.2) is 0 Å². The van der Waals surface area contributed by atoms with Crippen molar-refractivity contribution in [2.24, 2.45) is 0 Å². The lowest BCUT2D eigenvalue weighted by atomic mass is 9.97. The van der Waals surface area contributed by atoms with E-state index in [-0.39, 0.29) is 18.0 Å². The minimum absolute atomic E-state index is 0.0618. The van der Waals surface area contributed by atoms with Crippen LogP contribution >= 0.6 is 0 Å². The third kappa shape index (κ3) is 5.51. The standard InChI is InChI=1S/C26H28N2O3/c1-20(25(21-8-4-2-5-9-21)28-16-18-30-19-17-28)27-26(29)22-12-14-24(15-13-22)31-23-10-6-3-7-11-23/h2-15,20,25H,16-19H2,1H3,(H,27,29)/t20-,25+/m0/s1. The van der Waals surface area contributed by atoms with Crippen LogP contribution in [0.1, 0.15) is 28.9 Å². The molecular weight excluding hydrogens is 388 g/mol. The number of para-hydroxylation sites is 1. The van der Waals surface area contributed by atoms with E-state index >= 15 is 0 Å². The molecule has 1 saturated heterocycles. The molecular formula is C26H28N2O3. The van der Waals surface area contributed by atoms with E-state index in [9.17, 15) is 4.79 Å². The van der Waals surface area contributed by atoms with Gasteiger partial charge in [0, 0.05) is 24.7 Å². The lowest BCUT2D eigenvalue weighted by molar-refractivity contribution is 0.00888. The number of carbonyl (C=O) groups is 1. The molecule has 2 atom stereocenters. The van der Waals surface area contributed by atoms with E-state index in [1.807, 2.05) is 60.7 Å². The van der Waals surface area contributed by atoms with Crippen LogP contribution in [0.2, 0.25) is 0 Å². The van der Waals surface area contributed by atoms with Crippen LogP contribution < -0.4 is 10.1 Å². The molecule has 1 fully saturated rings. The third-order valence-electron chi connectivity index (χ3n) is 5.51. The zero-order valence-corrected chi connectivity index (χ0v) is 17.7. The summed E-state index contributed by atoms with van der Waals surface area (Å²) in [6.45, 7) is 5.20. The Kier molecular flexibility index (Phi) is 6.97. The van der Waals surface area contributed by atoms with Gasteiger partial charge in [-0.05, 0) is 48.9 Å². The Bertz CT molecular complexity index is 955. The molecule has 3 aromatic rings. The summed E-state index contributed by atoms with van der Waals surface area (Å²) >= 11 is 0. The van der Waals surface area contributed by atoms with Crippen LogP contribution in [0.3, 0.4) is 0 Å². The highest BCUT2D eigenvalue weighted by Crippen LogP contribution is 2.26. The summed E-state index contributed by atoms with van der Waals surface area (Å²) in [5, 5.41) is 3.20. The molecule has 4 rings (SSSR count). The van der Waals surface area contributed by atoms with Gasteiger partial charge in [0.25, 0.3) is 5.91 Å². The maximum atomic E-state index is 12.9. The quantitative estimate of drug-likeness (QED) is 0.608. The molecule has 0 saturated carbocycles. The predicted molar refractivity (Wildman–Crippen MR) is 121 cm³/mol. The second-order valence-electron chi connectivity index (χ2n) is 7.71. The molecule has 5 heteroatoms. The van der Waals surface area contributed by atoms with Gasteiger partial charge in [0.15, 0.2) is 0 Å². The molecule has 1 aliphatic rings. The van der Waals surface area contributed by atoms with Crippen molar-refractivity contribution in [3.8, 4) is 11.5 Å². The van der Waals surface area contributed by atoms with Crippen molar-refractivity contribution in [3.05, 3.63) is 96.1 Å². The molecule has 31 heavy (non-hydrogen) atoms. The van der Waals surface area contributed by atoms with Gasteiger partial charge in [-0.15, -0.1) is 0 Å². The fourth-order valence-electron chi connectivity index (χ4n) is 3.99. The second kappa shape index (κ2) is 10.2. The fourth-order valence-corrected chi connectivity index (χ4v) is 3.99. The molecule has 1 aliphatic heterocycles. The molecule has 0 aromatic heterocycles. The summed E-state index contributed by atoms with van der Waals surface area (Å²) in [4.78, 5) is 15.3. The van der Waals surface area contributed by atoms with Crippen LogP contribution in [0, 0.1) is 0 Å². The lowest BCUT2D eigenvalue weighted by Crippen LogP contribution is -2.48. The Balaban J connectivity index is 1.44. The molecule has 5 nitrogen and oxygen atoms in total. The normalized spacial score (nSPS) is 16.3. The first-order valence-corrected chi connectivity index (χ1v) is 10.7. The van der Waals surface area contributed by atoms with Crippen LogP contribution in [-0.2, 0) is 4.74 Å². The first-order chi connectivity index (χ1) is 15.2. The average molecular weight is 417 g/mol. The Morgan fingerprint density at radius 1 is 0.871 bits per heavy atom. The van der Waals surface area contributed by atoms with Crippen molar-refractivity contribution in [3.63, 3.8) is 0 Å². The number of hydrogen-bond acceptors (Lipinski definition) is 4.